The van der Waals surface area contributed by atoms with Gasteiger partial charge in [0.2, 0.25) is 0 Å². The lowest BCUT2D eigenvalue weighted by Crippen LogP contribution is -1.97. The molecule has 6 heteroatoms. The van der Waals surface area contributed by atoms with Crippen molar-refractivity contribution < 1.29 is 8.78 Å². The molecule has 0 aliphatic rings. The molecule has 0 saturated carbocycles. The van der Waals surface area contributed by atoms with Gasteiger partial charge in [-0.1, -0.05) is 0 Å². The Morgan fingerprint density at radius 1 is 1.33 bits per heavy atom. The van der Waals surface area contributed by atoms with Crippen molar-refractivity contribution in [3.8, 4) is 11.3 Å². The van der Waals surface area contributed by atoms with E-state index in [1.54, 1.807) is 19.3 Å². The number of H-pyrrole nitrogens is 1. The van der Waals surface area contributed by atoms with Gasteiger partial charge in [0.15, 0.2) is 5.82 Å². The maximum absolute atomic E-state index is 14.2. The molecule has 0 radical (unpaired) electrons. The normalized spacial score (nSPS) is 11.3. The second kappa shape index (κ2) is 3.56. The van der Waals surface area contributed by atoms with Crippen molar-refractivity contribution in [3.63, 3.8) is 0 Å². The first-order valence-electron chi connectivity index (χ1n) is 5.33. The summed E-state index contributed by atoms with van der Waals surface area (Å²) in [5.41, 5.74) is 5.89. The highest BCUT2D eigenvalue weighted by atomic mass is 19.1. The second-order valence-corrected chi connectivity index (χ2v) is 4.07. The SMILES string of the molecule is Cn1nc(-c2c(F)cc3cc[nH]c3c2F)cc1N. The number of nitrogens with one attached hydrogen (secondary N) is 1. The van der Waals surface area contributed by atoms with Crippen LogP contribution in [0.4, 0.5) is 14.6 Å². The minimum absolute atomic E-state index is 0.169. The smallest absolute Gasteiger partial charge is 0.159 e. The van der Waals surface area contributed by atoms with E-state index in [0.29, 0.717) is 11.2 Å². The highest BCUT2D eigenvalue weighted by Crippen LogP contribution is 2.31. The van der Waals surface area contributed by atoms with Crippen LogP contribution in [0.3, 0.4) is 0 Å². The van der Waals surface area contributed by atoms with Crippen molar-refractivity contribution in [2.45, 2.75) is 0 Å². The average Bonchev–Trinajstić information content (AvgIpc) is 2.87. The van der Waals surface area contributed by atoms with Gasteiger partial charge in [-0.05, 0) is 12.1 Å². The van der Waals surface area contributed by atoms with Crippen molar-refractivity contribution >= 4 is 16.7 Å². The number of aryl methyl sites for hydroxylation is 1. The van der Waals surface area contributed by atoms with E-state index < -0.39 is 11.6 Å². The topological polar surface area (TPSA) is 59.6 Å². The number of halogens is 2. The summed E-state index contributed by atoms with van der Waals surface area (Å²) in [6.45, 7) is 0. The van der Waals surface area contributed by atoms with Crippen molar-refractivity contribution in [3.05, 3.63) is 36.0 Å². The Morgan fingerprint density at radius 3 is 2.78 bits per heavy atom. The lowest BCUT2D eigenvalue weighted by atomic mass is 10.1. The molecule has 3 N–H and O–H groups in total. The Balaban J connectivity index is 2.34. The van der Waals surface area contributed by atoms with Crippen molar-refractivity contribution in [1.29, 1.82) is 0 Å². The molecule has 4 nitrogen and oxygen atoms in total. The van der Waals surface area contributed by atoms with Crippen LogP contribution in [0.25, 0.3) is 22.2 Å². The van der Waals surface area contributed by atoms with Crippen LogP contribution >= 0.6 is 0 Å². The molecule has 0 unspecified atom stereocenters. The molecule has 2 heterocycles. The molecule has 0 saturated heterocycles. The first-order valence-corrected chi connectivity index (χ1v) is 5.33. The number of hydrogen-bond acceptors (Lipinski definition) is 2. The second-order valence-electron chi connectivity index (χ2n) is 4.07. The Morgan fingerprint density at radius 2 is 2.11 bits per heavy atom. The molecule has 0 atom stereocenters. The number of nitrogens with zero attached hydrogens (tertiary/aromatic N) is 2. The lowest BCUT2D eigenvalue weighted by molar-refractivity contribution is 0.595. The van der Waals surface area contributed by atoms with Crippen LogP contribution in [0, 0.1) is 11.6 Å². The minimum Gasteiger partial charge on any atom is -0.384 e. The fraction of sp³-hybridized carbons (Fsp3) is 0.0833. The van der Waals surface area contributed by atoms with Crippen LogP contribution < -0.4 is 5.73 Å². The van der Waals surface area contributed by atoms with Gasteiger partial charge >= 0.3 is 0 Å². The molecule has 18 heavy (non-hydrogen) atoms. The third kappa shape index (κ3) is 1.38. The lowest BCUT2D eigenvalue weighted by Gasteiger charge is -2.03. The standard InChI is InChI=1S/C12H10F2N4/c1-18-9(15)5-8(17-18)10-7(13)4-6-2-3-16-12(6)11(10)14/h2-5,16H,15H2,1H3. The van der Waals surface area contributed by atoms with Gasteiger partial charge in [-0.15, -0.1) is 0 Å². The number of hydrogen-bond donors (Lipinski definition) is 2. The van der Waals surface area contributed by atoms with E-state index in [1.165, 1.54) is 16.8 Å². The summed E-state index contributed by atoms with van der Waals surface area (Å²) in [5, 5.41) is 4.48. The maximum atomic E-state index is 14.2. The van der Waals surface area contributed by atoms with Crippen molar-refractivity contribution in [2.24, 2.45) is 7.05 Å². The third-order valence-corrected chi connectivity index (χ3v) is 2.91. The van der Waals surface area contributed by atoms with E-state index in [2.05, 4.69) is 10.1 Å². The van der Waals surface area contributed by atoms with Gasteiger partial charge in [-0.25, -0.2) is 8.78 Å². The number of benzene rings is 1. The summed E-state index contributed by atoms with van der Waals surface area (Å²) in [6.07, 6.45) is 1.56. The predicted molar refractivity (Wildman–Crippen MR) is 64.8 cm³/mol. The highest BCUT2D eigenvalue weighted by molar-refractivity contribution is 5.85. The van der Waals surface area contributed by atoms with Gasteiger partial charge in [-0.2, -0.15) is 5.10 Å². The van der Waals surface area contributed by atoms with Gasteiger partial charge in [0, 0.05) is 24.7 Å². The molecule has 0 fully saturated rings. The van der Waals surface area contributed by atoms with Crippen LogP contribution in [-0.4, -0.2) is 14.8 Å². The van der Waals surface area contributed by atoms with Crippen LogP contribution in [0.2, 0.25) is 0 Å². The van der Waals surface area contributed by atoms with Gasteiger partial charge in [0.1, 0.15) is 17.3 Å². The summed E-state index contributed by atoms with van der Waals surface area (Å²) in [6, 6.07) is 4.32. The number of anilines is 1. The van der Waals surface area contributed by atoms with E-state index in [0.717, 1.165) is 0 Å². The van der Waals surface area contributed by atoms with Crippen LogP contribution in [0.5, 0.6) is 0 Å². The first kappa shape index (κ1) is 10.8. The molecule has 92 valence electrons. The number of aromatic amines is 1. The molecular weight excluding hydrogens is 238 g/mol. The van der Waals surface area contributed by atoms with E-state index in [-0.39, 0.29) is 16.8 Å². The molecule has 2 aromatic heterocycles. The molecule has 3 aromatic rings. The molecule has 1 aromatic carbocycles. The fourth-order valence-corrected chi connectivity index (χ4v) is 1.97. The zero-order valence-corrected chi connectivity index (χ0v) is 9.54. The zero-order chi connectivity index (χ0) is 12.9. The fourth-order valence-electron chi connectivity index (χ4n) is 1.97. The largest absolute Gasteiger partial charge is 0.384 e. The maximum Gasteiger partial charge on any atom is 0.159 e. The summed E-state index contributed by atoms with van der Waals surface area (Å²) in [7, 11) is 1.61. The summed E-state index contributed by atoms with van der Waals surface area (Å²) < 4.78 is 29.5. The molecule has 0 aliphatic carbocycles. The molecule has 0 bridgehead atoms. The highest BCUT2D eigenvalue weighted by Gasteiger charge is 2.19. The third-order valence-electron chi connectivity index (χ3n) is 2.91. The van der Waals surface area contributed by atoms with E-state index in [1.807, 2.05) is 0 Å². The molecule has 0 amide bonds. The minimum atomic E-state index is -0.659. The average molecular weight is 248 g/mol. The molecule has 0 aliphatic heterocycles. The summed E-state index contributed by atoms with van der Waals surface area (Å²) >= 11 is 0. The van der Waals surface area contributed by atoms with Gasteiger partial charge < -0.3 is 10.7 Å². The number of rotatable bonds is 1. The Bertz CT molecular complexity index is 722. The quantitative estimate of drug-likeness (QED) is 0.694. The van der Waals surface area contributed by atoms with E-state index >= 15 is 0 Å². The number of nitrogens with two attached hydrogens (primary N) is 1. The molecule has 0 spiro atoms. The van der Waals surface area contributed by atoms with E-state index in [4.69, 9.17) is 5.73 Å². The number of nitrogen functional groups attached to an aromatic ring is 1. The zero-order valence-electron chi connectivity index (χ0n) is 9.54. The molecular formula is C12H10F2N4. The number of aromatic nitrogens is 3. The predicted octanol–water partition coefficient (Wildman–Crippen LogP) is 2.43. The molecule has 3 rings (SSSR count). The van der Waals surface area contributed by atoms with Crippen LogP contribution in [0.15, 0.2) is 24.4 Å². The number of fused-ring (bicyclic) bond motifs is 1. The van der Waals surface area contributed by atoms with Gasteiger partial charge in [-0.3, -0.25) is 4.68 Å². The summed E-state index contributed by atoms with van der Waals surface area (Å²) in [4.78, 5) is 2.74. The van der Waals surface area contributed by atoms with Gasteiger partial charge in [0.25, 0.3) is 0 Å². The monoisotopic (exact) mass is 248 g/mol. The Labute approximate surface area is 101 Å². The van der Waals surface area contributed by atoms with Crippen LogP contribution in [-0.2, 0) is 7.05 Å². The first-order chi connectivity index (χ1) is 8.58. The summed E-state index contributed by atoms with van der Waals surface area (Å²) in [5.74, 6) is -0.971. The van der Waals surface area contributed by atoms with E-state index in [9.17, 15) is 8.78 Å². The van der Waals surface area contributed by atoms with Crippen LogP contribution in [0.1, 0.15) is 0 Å². The van der Waals surface area contributed by atoms with Crippen molar-refractivity contribution in [1.82, 2.24) is 14.8 Å². The Kier molecular flexibility index (Phi) is 2.13. The van der Waals surface area contributed by atoms with Gasteiger partial charge in [0.05, 0.1) is 11.1 Å². The Hall–Kier alpha value is -2.37. The van der Waals surface area contributed by atoms with Crippen molar-refractivity contribution in [2.75, 3.05) is 5.73 Å².